The van der Waals surface area contributed by atoms with E-state index in [4.69, 9.17) is 5.73 Å². The summed E-state index contributed by atoms with van der Waals surface area (Å²) >= 11 is 0. The quantitative estimate of drug-likeness (QED) is 0.712. The molecule has 0 spiro atoms. The molecule has 1 saturated carbocycles. The second-order valence-electron chi connectivity index (χ2n) is 5.07. The summed E-state index contributed by atoms with van der Waals surface area (Å²) in [4.78, 5) is 3.78. The number of aromatic nitrogens is 2. The lowest BCUT2D eigenvalue weighted by atomic mass is 9.88. The van der Waals surface area contributed by atoms with Gasteiger partial charge in [-0.05, 0) is 31.6 Å². The summed E-state index contributed by atoms with van der Waals surface area (Å²) in [6, 6.07) is 0. The number of nitrogens with one attached hydrogen (secondary N) is 1. The normalized spacial score (nSPS) is 24.5. The van der Waals surface area contributed by atoms with Gasteiger partial charge >= 0.3 is 0 Å². The summed E-state index contributed by atoms with van der Waals surface area (Å²) in [6.45, 7) is 0.375. The van der Waals surface area contributed by atoms with Gasteiger partial charge in [-0.15, -0.1) is 0 Å². The summed E-state index contributed by atoms with van der Waals surface area (Å²) in [7, 11) is -2.04. The molecule has 1 aliphatic rings. The van der Waals surface area contributed by atoms with Gasteiger partial charge in [-0.3, -0.25) is 0 Å². The monoisotopic (exact) mass is 288 g/mol. The van der Waals surface area contributed by atoms with Crippen LogP contribution < -0.4 is 10.5 Å². The number of hydrogen-bond acceptors (Lipinski definition) is 5. The minimum absolute atomic E-state index is 0.00310. The van der Waals surface area contributed by atoms with Gasteiger partial charge < -0.3 is 15.4 Å². The van der Waals surface area contributed by atoms with Crippen LogP contribution in [0.25, 0.3) is 0 Å². The highest BCUT2D eigenvalue weighted by Gasteiger charge is 2.25. The number of sulfonamides is 1. The van der Waals surface area contributed by atoms with Crippen LogP contribution >= 0.6 is 0 Å². The van der Waals surface area contributed by atoms with Crippen molar-refractivity contribution in [2.75, 3.05) is 12.3 Å². The summed E-state index contributed by atoms with van der Waals surface area (Å²) in [5.74, 6) is 0.279. The number of rotatable bonds is 4. The first-order chi connectivity index (χ1) is 8.90. The van der Waals surface area contributed by atoms with Gasteiger partial charge in [0.2, 0.25) is 0 Å². The Balaban J connectivity index is 1.99. The first kappa shape index (κ1) is 14.3. The first-order valence-corrected chi connectivity index (χ1v) is 7.83. The lowest BCUT2D eigenvalue weighted by Crippen LogP contribution is -2.33. The van der Waals surface area contributed by atoms with E-state index in [1.54, 1.807) is 7.05 Å². The molecule has 2 rings (SSSR count). The SMILES string of the molecule is Cn1cnc(N)c1S(=O)(=O)NCC1CCC(O)CC1. The van der Waals surface area contributed by atoms with Crippen molar-refractivity contribution in [1.29, 1.82) is 0 Å². The second kappa shape index (κ2) is 5.48. The molecule has 0 aliphatic heterocycles. The molecule has 1 heterocycles. The lowest BCUT2D eigenvalue weighted by molar-refractivity contribution is 0.109. The molecule has 4 N–H and O–H groups in total. The maximum atomic E-state index is 12.1. The fraction of sp³-hybridized carbons (Fsp3) is 0.727. The molecule has 0 radical (unpaired) electrons. The number of aryl methyl sites for hydroxylation is 1. The Bertz CT molecular complexity index is 513. The molecule has 0 aromatic carbocycles. The fourth-order valence-electron chi connectivity index (χ4n) is 2.41. The molecule has 1 fully saturated rings. The Morgan fingerprint density at radius 1 is 1.47 bits per heavy atom. The van der Waals surface area contributed by atoms with Crippen molar-refractivity contribution in [2.24, 2.45) is 13.0 Å². The molecular weight excluding hydrogens is 268 g/mol. The minimum atomic E-state index is -3.63. The molecule has 0 atom stereocenters. The molecule has 1 aromatic rings. The average molecular weight is 288 g/mol. The number of aliphatic hydroxyl groups excluding tert-OH is 1. The predicted molar refractivity (Wildman–Crippen MR) is 70.8 cm³/mol. The molecular formula is C11H20N4O3S. The highest BCUT2D eigenvalue weighted by molar-refractivity contribution is 7.89. The van der Waals surface area contributed by atoms with Crippen LogP contribution in [0.15, 0.2) is 11.4 Å². The number of aliphatic hydroxyl groups is 1. The van der Waals surface area contributed by atoms with Crippen LogP contribution in [0.2, 0.25) is 0 Å². The first-order valence-electron chi connectivity index (χ1n) is 6.34. The Kier molecular flexibility index (Phi) is 4.12. The van der Waals surface area contributed by atoms with E-state index in [1.807, 2.05) is 0 Å². The van der Waals surface area contributed by atoms with E-state index in [1.165, 1.54) is 10.9 Å². The predicted octanol–water partition coefficient (Wildman–Crippen LogP) is -0.168. The average Bonchev–Trinajstić information content (AvgIpc) is 2.69. The molecule has 0 unspecified atom stereocenters. The van der Waals surface area contributed by atoms with E-state index in [9.17, 15) is 13.5 Å². The third-order valence-electron chi connectivity index (χ3n) is 3.54. The van der Waals surface area contributed by atoms with E-state index in [0.29, 0.717) is 6.54 Å². The Labute approximate surface area is 112 Å². The van der Waals surface area contributed by atoms with E-state index < -0.39 is 10.0 Å². The molecule has 1 aromatic heterocycles. The van der Waals surface area contributed by atoms with Crippen molar-refractivity contribution in [1.82, 2.24) is 14.3 Å². The Hall–Kier alpha value is -1.12. The van der Waals surface area contributed by atoms with E-state index in [2.05, 4.69) is 9.71 Å². The van der Waals surface area contributed by atoms with Gasteiger partial charge in [-0.1, -0.05) is 0 Å². The number of imidazole rings is 1. The maximum Gasteiger partial charge on any atom is 0.260 e. The molecule has 0 amide bonds. The minimum Gasteiger partial charge on any atom is -0.393 e. The topological polar surface area (TPSA) is 110 Å². The summed E-state index contributed by atoms with van der Waals surface area (Å²) in [5, 5.41) is 9.41. The van der Waals surface area contributed by atoms with Crippen molar-refractivity contribution in [3.8, 4) is 0 Å². The van der Waals surface area contributed by atoms with E-state index in [-0.39, 0.29) is 22.9 Å². The van der Waals surface area contributed by atoms with Crippen LogP contribution in [0.5, 0.6) is 0 Å². The van der Waals surface area contributed by atoms with E-state index >= 15 is 0 Å². The van der Waals surface area contributed by atoms with Gasteiger partial charge in [0.1, 0.15) is 0 Å². The van der Waals surface area contributed by atoms with Crippen LogP contribution in [-0.4, -0.2) is 35.7 Å². The van der Waals surface area contributed by atoms with Gasteiger partial charge in [-0.2, -0.15) is 0 Å². The summed E-state index contributed by atoms with van der Waals surface area (Å²) in [5.41, 5.74) is 5.57. The molecule has 0 saturated heterocycles. The number of nitrogens with two attached hydrogens (primary N) is 1. The van der Waals surface area contributed by atoms with Crippen molar-refractivity contribution >= 4 is 15.8 Å². The standard InChI is InChI=1S/C11H20N4O3S/c1-15-7-13-10(12)11(15)19(17,18)14-6-8-2-4-9(16)5-3-8/h7-9,14,16H,2-6,12H2,1H3. The lowest BCUT2D eigenvalue weighted by Gasteiger charge is -2.25. The van der Waals surface area contributed by atoms with Crippen LogP contribution in [0.3, 0.4) is 0 Å². The van der Waals surface area contributed by atoms with Crippen LogP contribution in [0.4, 0.5) is 5.82 Å². The Morgan fingerprint density at radius 2 is 2.11 bits per heavy atom. The second-order valence-corrected chi connectivity index (χ2v) is 6.75. The van der Waals surface area contributed by atoms with Crippen molar-refractivity contribution < 1.29 is 13.5 Å². The van der Waals surface area contributed by atoms with Crippen LogP contribution in [0.1, 0.15) is 25.7 Å². The highest BCUT2D eigenvalue weighted by atomic mass is 32.2. The van der Waals surface area contributed by atoms with Crippen LogP contribution in [0, 0.1) is 5.92 Å². The number of anilines is 1. The molecule has 8 heteroatoms. The third-order valence-corrected chi connectivity index (χ3v) is 5.10. The molecule has 108 valence electrons. The summed E-state index contributed by atoms with van der Waals surface area (Å²) < 4.78 is 28.2. The van der Waals surface area contributed by atoms with Crippen molar-refractivity contribution in [2.45, 2.75) is 36.8 Å². The zero-order chi connectivity index (χ0) is 14.0. The van der Waals surface area contributed by atoms with Gasteiger partial charge in [0.05, 0.1) is 12.4 Å². The molecule has 7 nitrogen and oxygen atoms in total. The number of nitrogens with zero attached hydrogens (tertiary/aromatic N) is 2. The third kappa shape index (κ3) is 3.26. The largest absolute Gasteiger partial charge is 0.393 e. The maximum absolute atomic E-state index is 12.1. The summed E-state index contributed by atoms with van der Waals surface area (Å²) in [6.07, 6.45) is 4.29. The molecule has 19 heavy (non-hydrogen) atoms. The molecule has 1 aliphatic carbocycles. The van der Waals surface area contributed by atoms with Gasteiger partial charge in [0, 0.05) is 13.6 Å². The smallest absolute Gasteiger partial charge is 0.260 e. The van der Waals surface area contributed by atoms with Gasteiger partial charge in [-0.25, -0.2) is 18.1 Å². The zero-order valence-electron chi connectivity index (χ0n) is 10.9. The molecule has 0 bridgehead atoms. The van der Waals surface area contributed by atoms with Gasteiger partial charge in [0.25, 0.3) is 10.0 Å². The fourth-order valence-corrected chi connectivity index (χ4v) is 3.76. The zero-order valence-corrected chi connectivity index (χ0v) is 11.7. The number of hydrogen-bond donors (Lipinski definition) is 3. The Morgan fingerprint density at radius 3 is 2.63 bits per heavy atom. The van der Waals surface area contributed by atoms with Crippen LogP contribution in [-0.2, 0) is 17.1 Å². The van der Waals surface area contributed by atoms with Crippen molar-refractivity contribution in [3.05, 3.63) is 6.33 Å². The van der Waals surface area contributed by atoms with Crippen molar-refractivity contribution in [3.63, 3.8) is 0 Å². The van der Waals surface area contributed by atoms with Gasteiger partial charge in [0.15, 0.2) is 10.8 Å². The van der Waals surface area contributed by atoms with E-state index in [0.717, 1.165) is 25.7 Å². The number of nitrogen functional groups attached to an aromatic ring is 1. The highest BCUT2D eigenvalue weighted by Crippen LogP contribution is 2.24.